The van der Waals surface area contributed by atoms with Crippen LogP contribution in [0.15, 0.2) is 34.9 Å². The first-order valence-electron chi connectivity index (χ1n) is 5.98. The van der Waals surface area contributed by atoms with Crippen molar-refractivity contribution in [3.05, 3.63) is 51.8 Å². The molecule has 0 amide bonds. The molecule has 1 atom stereocenters. The highest BCUT2D eigenvalue weighted by Crippen LogP contribution is 2.34. The molecule has 2 rings (SSSR count). The Bertz CT molecular complexity index is 561. The third kappa shape index (κ3) is 2.22. The maximum atomic E-state index is 10.9. The quantitative estimate of drug-likeness (QED) is 0.945. The van der Waals surface area contributed by atoms with Gasteiger partial charge in [0.2, 0.25) is 0 Å². The van der Waals surface area contributed by atoms with E-state index >= 15 is 0 Å². The molecule has 0 fully saturated rings. The average molecular weight is 309 g/mol. The molecule has 0 radical (unpaired) electrons. The van der Waals surface area contributed by atoms with Gasteiger partial charge in [-0.3, -0.25) is 4.68 Å². The van der Waals surface area contributed by atoms with Crippen molar-refractivity contribution < 1.29 is 5.11 Å². The van der Waals surface area contributed by atoms with E-state index in [0.717, 1.165) is 27.8 Å². The van der Waals surface area contributed by atoms with Crippen LogP contribution in [0.1, 0.15) is 30.7 Å². The summed E-state index contributed by atoms with van der Waals surface area (Å²) in [4.78, 5) is 0. The Balaban J connectivity index is 2.57. The van der Waals surface area contributed by atoms with Gasteiger partial charge >= 0.3 is 0 Å². The minimum absolute atomic E-state index is 0.725. The fourth-order valence-corrected chi connectivity index (χ4v) is 2.85. The van der Waals surface area contributed by atoms with E-state index in [1.54, 1.807) is 13.1 Å². The van der Waals surface area contributed by atoms with Crippen molar-refractivity contribution in [2.75, 3.05) is 0 Å². The van der Waals surface area contributed by atoms with Crippen molar-refractivity contribution in [2.45, 2.75) is 32.9 Å². The van der Waals surface area contributed by atoms with Gasteiger partial charge in [0.25, 0.3) is 0 Å². The van der Waals surface area contributed by atoms with Gasteiger partial charge in [-0.25, -0.2) is 0 Å². The largest absolute Gasteiger partial charge is 0.379 e. The van der Waals surface area contributed by atoms with E-state index < -0.39 is 5.60 Å². The topological polar surface area (TPSA) is 38.0 Å². The number of aryl methyl sites for hydroxylation is 2. The number of nitrogens with zero attached hydrogens (tertiary/aromatic N) is 2. The van der Waals surface area contributed by atoms with Crippen LogP contribution in [0.5, 0.6) is 0 Å². The van der Waals surface area contributed by atoms with Gasteiger partial charge in [0.15, 0.2) is 0 Å². The number of rotatable bonds is 3. The zero-order chi connectivity index (χ0) is 13.3. The number of aromatic nitrogens is 2. The van der Waals surface area contributed by atoms with Crippen molar-refractivity contribution >= 4 is 15.9 Å². The lowest BCUT2D eigenvalue weighted by Crippen LogP contribution is -2.27. The van der Waals surface area contributed by atoms with Crippen molar-refractivity contribution in [2.24, 2.45) is 0 Å². The molecule has 4 heteroatoms. The van der Waals surface area contributed by atoms with E-state index in [1.165, 1.54) is 0 Å². The Morgan fingerprint density at radius 2 is 2.17 bits per heavy atom. The Hall–Kier alpha value is -1.13. The molecule has 0 aliphatic carbocycles. The van der Waals surface area contributed by atoms with Crippen molar-refractivity contribution in [1.29, 1.82) is 0 Å². The predicted molar refractivity (Wildman–Crippen MR) is 75.5 cm³/mol. The van der Waals surface area contributed by atoms with Gasteiger partial charge in [0.05, 0.1) is 16.4 Å². The summed E-state index contributed by atoms with van der Waals surface area (Å²) < 4.78 is 2.64. The molecule has 2 aromatic rings. The van der Waals surface area contributed by atoms with E-state index in [9.17, 15) is 5.11 Å². The van der Waals surface area contributed by atoms with E-state index in [4.69, 9.17) is 0 Å². The number of benzene rings is 1. The van der Waals surface area contributed by atoms with Crippen LogP contribution in [0.2, 0.25) is 0 Å². The van der Waals surface area contributed by atoms with E-state index in [2.05, 4.69) is 21.0 Å². The van der Waals surface area contributed by atoms with Crippen LogP contribution in [-0.4, -0.2) is 14.9 Å². The minimum Gasteiger partial charge on any atom is -0.379 e. The van der Waals surface area contributed by atoms with Crippen molar-refractivity contribution in [1.82, 2.24) is 9.78 Å². The van der Waals surface area contributed by atoms with Gasteiger partial charge in [0, 0.05) is 6.54 Å². The molecule has 18 heavy (non-hydrogen) atoms. The summed E-state index contributed by atoms with van der Waals surface area (Å²) in [6.07, 6.45) is 1.73. The fourth-order valence-electron chi connectivity index (χ4n) is 2.17. The molecular formula is C14H17BrN2O. The first-order chi connectivity index (χ1) is 8.46. The van der Waals surface area contributed by atoms with Crippen LogP contribution in [0.3, 0.4) is 0 Å². The summed E-state index contributed by atoms with van der Waals surface area (Å²) in [5.74, 6) is 0. The van der Waals surface area contributed by atoms with Crippen LogP contribution in [0, 0.1) is 6.92 Å². The molecule has 1 aromatic heterocycles. The standard InChI is InChI=1S/C14H17BrN2O/c1-4-17-13(12(15)9-16-17)14(3,18)11-7-5-6-10(2)8-11/h5-9,18H,4H2,1-3H3. The van der Waals surface area contributed by atoms with Crippen LogP contribution < -0.4 is 0 Å². The molecule has 0 aliphatic heterocycles. The van der Waals surface area contributed by atoms with Gasteiger partial charge in [0.1, 0.15) is 5.60 Å². The summed E-state index contributed by atoms with van der Waals surface area (Å²) in [7, 11) is 0. The Morgan fingerprint density at radius 1 is 1.44 bits per heavy atom. The second-order valence-electron chi connectivity index (χ2n) is 4.60. The van der Waals surface area contributed by atoms with Gasteiger partial charge in [-0.05, 0) is 42.3 Å². The second kappa shape index (κ2) is 4.86. The SMILES string of the molecule is CCn1ncc(Br)c1C(C)(O)c1cccc(C)c1. The summed E-state index contributed by atoms with van der Waals surface area (Å²) in [6.45, 7) is 6.56. The molecule has 0 saturated carbocycles. The number of aliphatic hydroxyl groups is 1. The summed E-state index contributed by atoms with van der Waals surface area (Å²) >= 11 is 3.47. The van der Waals surface area contributed by atoms with Gasteiger partial charge in [-0.2, -0.15) is 5.10 Å². The van der Waals surface area contributed by atoms with E-state index in [0.29, 0.717) is 0 Å². The lowest BCUT2D eigenvalue weighted by atomic mass is 9.91. The van der Waals surface area contributed by atoms with Crippen molar-refractivity contribution in [3.63, 3.8) is 0 Å². The molecule has 0 saturated heterocycles. The normalized spacial score (nSPS) is 14.5. The van der Waals surface area contributed by atoms with Crippen molar-refractivity contribution in [3.8, 4) is 0 Å². The third-order valence-corrected chi connectivity index (χ3v) is 3.72. The molecule has 3 nitrogen and oxygen atoms in total. The predicted octanol–water partition coefficient (Wildman–Crippen LogP) is 3.23. The Kier molecular flexibility index (Phi) is 3.59. The van der Waals surface area contributed by atoms with Crippen LogP contribution in [0.25, 0.3) is 0 Å². The lowest BCUT2D eigenvalue weighted by molar-refractivity contribution is 0.0909. The fraction of sp³-hybridized carbons (Fsp3) is 0.357. The second-order valence-corrected chi connectivity index (χ2v) is 5.45. The Labute approximate surface area is 116 Å². The molecule has 1 N–H and O–H groups in total. The molecular weight excluding hydrogens is 292 g/mol. The minimum atomic E-state index is -1.06. The van der Waals surface area contributed by atoms with Gasteiger partial charge < -0.3 is 5.11 Å². The van der Waals surface area contributed by atoms with Crippen LogP contribution in [0.4, 0.5) is 0 Å². The van der Waals surface area contributed by atoms with Crippen LogP contribution in [-0.2, 0) is 12.1 Å². The molecule has 1 heterocycles. The number of hydrogen-bond acceptors (Lipinski definition) is 2. The monoisotopic (exact) mass is 308 g/mol. The number of hydrogen-bond donors (Lipinski definition) is 1. The highest BCUT2D eigenvalue weighted by molar-refractivity contribution is 9.10. The van der Waals surface area contributed by atoms with E-state index in [1.807, 2.05) is 42.8 Å². The van der Waals surface area contributed by atoms with E-state index in [-0.39, 0.29) is 0 Å². The highest BCUT2D eigenvalue weighted by atomic mass is 79.9. The van der Waals surface area contributed by atoms with Gasteiger partial charge in [-0.15, -0.1) is 0 Å². The summed E-state index contributed by atoms with van der Waals surface area (Å²) in [6, 6.07) is 7.91. The first kappa shape index (κ1) is 13.3. The summed E-state index contributed by atoms with van der Waals surface area (Å²) in [5, 5.41) is 15.1. The highest BCUT2D eigenvalue weighted by Gasteiger charge is 2.31. The molecule has 1 unspecified atom stereocenters. The zero-order valence-electron chi connectivity index (χ0n) is 10.8. The summed E-state index contributed by atoms with van der Waals surface area (Å²) in [5.41, 5.74) is 1.73. The molecule has 1 aromatic carbocycles. The molecule has 96 valence electrons. The Morgan fingerprint density at radius 3 is 2.78 bits per heavy atom. The molecule has 0 aliphatic rings. The maximum Gasteiger partial charge on any atom is 0.129 e. The van der Waals surface area contributed by atoms with Crippen LogP contribution >= 0.6 is 15.9 Å². The maximum absolute atomic E-state index is 10.9. The smallest absolute Gasteiger partial charge is 0.129 e. The average Bonchev–Trinajstić information content (AvgIpc) is 2.71. The number of halogens is 1. The first-order valence-corrected chi connectivity index (χ1v) is 6.77. The third-order valence-electron chi connectivity index (χ3n) is 3.14. The zero-order valence-corrected chi connectivity index (χ0v) is 12.4. The molecule has 0 spiro atoms. The van der Waals surface area contributed by atoms with Gasteiger partial charge in [-0.1, -0.05) is 29.8 Å². The lowest BCUT2D eigenvalue weighted by Gasteiger charge is -2.25. The molecule has 0 bridgehead atoms.